The molecule has 4 nitrogen and oxygen atoms in total. The Kier molecular flexibility index (Phi) is 5.01. The Morgan fingerprint density at radius 1 is 1.28 bits per heavy atom. The quantitative estimate of drug-likeness (QED) is 0.646. The minimum absolute atomic E-state index is 0.0786. The van der Waals surface area contributed by atoms with E-state index in [-0.39, 0.29) is 24.4 Å². The highest BCUT2D eigenvalue weighted by molar-refractivity contribution is 5.01. The van der Waals surface area contributed by atoms with E-state index in [0.717, 1.165) is 19.3 Å². The first-order valence-corrected chi connectivity index (χ1v) is 7.25. The van der Waals surface area contributed by atoms with Crippen molar-refractivity contribution in [2.45, 2.75) is 69.7 Å². The van der Waals surface area contributed by atoms with Gasteiger partial charge in [-0.15, -0.1) is 0 Å². The van der Waals surface area contributed by atoms with Crippen LogP contribution < -0.4 is 5.32 Å². The Balaban J connectivity index is 1.66. The molecular weight excluding hydrogens is 230 g/mol. The molecule has 0 spiro atoms. The van der Waals surface area contributed by atoms with Gasteiger partial charge in [-0.3, -0.25) is 0 Å². The first-order chi connectivity index (χ1) is 8.63. The summed E-state index contributed by atoms with van der Waals surface area (Å²) in [5, 5.41) is 13.2. The van der Waals surface area contributed by atoms with Gasteiger partial charge in [-0.1, -0.05) is 0 Å². The summed E-state index contributed by atoms with van der Waals surface area (Å²) in [5.74, 6) is 0. The van der Waals surface area contributed by atoms with Crippen molar-refractivity contribution in [2.24, 2.45) is 0 Å². The highest BCUT2D eigenvalue weighted by Crippen LogP contribution is 2.35. The molecule has 2 aliphatic carbocycles. The number of rotatable bonds is 8. The fourth-order valence-electron chi connectivity index (χ4n) is 2.70. The lowest BCUT2D eigenvalue weighted by Crippen LogP contribution is -2.48. The minimum Gasteiger partial charge on any atom is -0.394 e. The average molecular weight is 257 g/mol. The molecule has 2 fully saturated rings. The standard InChI is InChI=1S/C14H27NO3/c1-11(2)17-7-8-18-13-5-6-14(9-13,10-16)15-12-3-4-12/h11-13,15-16H,3-10H2,1-2H3. The van der Waals surface area contributed by atoms with E-state index in [2.05, 4.69) is 5.32 Å². The van der Waals surface area contributed by atoms with Gasteiger partial charge in [-0.2, -0.15) is 0 Å². The van der Waals surface area contributed by atoms with Crippen LogP contribution in [0.2, 0.25) is 0 Å². The molecule has 2 unspecified atom stereocenters. The molecule has 2 N–H and O–H groups in total. The van der Waals surface area contributed by atoms with E-state index in [1.165, 1.54) is 12.8 Å². The second kappa shape index (κ2) is 6.33. The molecule has 2 rings (SSSR count). The van der Waals surface area contributed by atoms with Crippen molar-refractivity contribution in [3.63, 3.8) is 0 Å². The Morgan fingerprint density at radius 2 is 2.06 bits per heavy atom. The molecule has 0 radical (unpaired) electrons. The summed E-state index contributed by atoms with van der Waals surface area (Å²) in [4.78, 5) is 0. The van der Waals surface area contributed by atoms with Crippen molar-refractivity contribution in [3.8, 4) is 0 Å². The second-order valence-electron chi connectivity index (χ2n) is 6.01. The van der Waals surface area contributed by atoms with Gasteiger partial charge in [0.2, 0.25) is 0 Å². The number of hydrogen-bond acceptors (Lipinski definition) is 4. The van der Waals surface area contributed by atoms with Gasteiger partial charge in [0.05, 0.1) is 32.0 Å². The number of aliphatic hydroxyl groups excluding tert-OH is 1. The van der Waals surface area contributed by atoms with Gasteiger partial charge in [0, 0.05) is 11.6 Å². The second-order valence-corrected chi connectivity index (χ2v) is 6.01. The lowest BCUT2D eigenvalue weighted by molar-refractivity contribution is -0.0138. The van der Waals surface area contributed by atoms with Crippen LogP contribution in [0.15, 0.2) is 0 Å². The van der Waals surface area contributed by atoms with Crippen LogP contribution in [-0.2, 0) is 9.47 Å². The fourth-order valence-corrected chi connectivity index (χ4v) is 2.70. The zero-order valence-electron chi connectivity index (χ0n) is 11.7. The average Bonchev–Trinajstić information content (AvgIpc) is 3.05. The maximum absolute atomic E-state index is 9.61. The Morgan fingerprint density at radius 3 is 2.67 bits per heavy atom. The predicted molar refractivity (Wildman–Crippen MR) is 70.7 cm³/mol. The third kappa shape index (κ3) is 4.19. The zero-order valence-corrected chi connectivity index (χ0v) is 11.7. The Hall–Kier alpha value is -0.160. The number of nitrogens with one attached hydrogen (secondary N) is 1. The largest absolute Gasteiger partial charge is 0.394 e. The van der Waals surface area contributed by atoms with Gasteiger partial charge in [0.25, 0.3) is 0 Å². The van der Waals surface area contributed by atoms with Crippen molar-refractivity contribution in [1.82, 2.24) is 5.32 Å². The maximum Gasteiger partial charge on any atom is 0.0704 e. The third-order valence-electron chi connectivity index (χ3n) is 3.84. The number of ether oxygens (including phenoxy) is 2. The van der Waals surface area contributed by atoms with Crippen LogP contribution in [0.5, 0.6) is 0 Å². The summed E-state index contributed by atoms with van der Waals surface area (Å²) >= 11 is 0. The maximum atomic E-state index is 9.61. The smallest absolute Gasteiger partial charge is 0.0704 e. The highest BCUT2D eigenvalue weighted by atomic mass is 16.5. The lowest BCUT2D eigenvalue weighted by atomic mass is 9.98. The van der Waals surface area contributed by atoms with Crippen LogP contribution >= 0.6 is 0 Å². The van der Waals surface area contributed by atoms with Crippen LogP contribution in [0.25, 0.3) is 0 Å². The minimum atomic E-state index is -0.0786. The van der Waals surface area contributed by atoms with Crippen molar-refractivity contribution >= 4 is 0 Å². The summed E-state index contributed by atoms with van der Waals surface area (Å²) in [6.07, 6.45) is 6.06. The summed E-state index contributed by atoms with van der Waals surface area (Å²) in [6, 6.07) is 0.639. The third-order valence-corrected chi connectivity index (χ3v) is 3.84. The van der Waals surface area contributed by atoms with Crippen molar-refractivity contribution < 1.29 is 14.6 Å². The van der Waals surface area contributed by atoms with E-state index in [4.69, 9.17) is 9.47 Å². The summed E-state index contributed by atoms with van der Waals surface area (Å²) in [5.41, 5.74) is -0.0786. The predicted octanol–water partition coefficient (Wildman–Crippen LogP) is 1.46. The molecule has 0 aromatic rings. The fraction of sp³-hybridized carbons (Fsp3) is 1.00. The molecule has 2 atom stereocenters. The van der Waals surface area contributed by atoms with E-state index in [9.17, 15) is 5.11 Å². The topological polar surface area (TPSA) is 50.7 Å². The molecule has 4 heteroatoms. The Labute approximate surface area is 110 Å². The monoisotopic (exact) mass is 257 g/mol. The molecule has 2 aliphatic rings. The molecule has 0 aliphatic heterocycles. The van der Waals surface area contributed by atoms with Gasteiger partial charge in [-0.05, 0) is 46.0 Å². The Bertz CT molecular complexity index is 255. The number of hydrogen-bond donors (Lipinski definition) is 2. The van der Waals surface area contributed by atoms with Crippen LogP contribution in [0, 0.1) is 0 Å². The molecule has 0 saturated heterocycles. The molecule has 0 aromatic heterocycles. The van der Waals surface area contributed by atoms with E-state index in [1.807, 2.05) is 13.8 Å². The SMILES string of the molecule is CC(C)OCCOC1CCC(CO)(NC2CC2)C1. The van der Waals surface area contributed by atoms with Crippen molar-refractivity contribution in [3.05, 3.63) is 0 Å². The van der Waals surface area contributed by atoms with Gasteiger partial charge in [0.15, 0.2) is 0 Å². The van der Waals surface area contributed by atoms with E-state index >= 15 is 0 Å². The first-order valence-electron chi connectivity index (χ1n) is 7.25. The lowest BCUT2D eigenvalue weighted by Gasteiger charge is -2.28. The molecular formula is C14H27NO3. The van der Waals surface area contributed by atoms with Gasteiger partial charge in [0.1, 0.15) is 0 Å². The molecule has 0 bridgehead atoms. The summed E-state index contributed by atoms with van der Waals surface area (Å²) < 4.78 is 11.3. The van der Waals surface area contributed by atoms with Crippen LogP contribution in [0.4, 0.5) is 0 Å². The van der Waals surface area contributed by atoms with Gasteiger partial charge < -0.3 is 19.9 Å². The summed E-state index contributed by atoms with van der Waals surface area (Å²) in [7, 11) is 0. The zero-order chi connectivity index (χ0) is 13.0. The van der Waals surface area contributed by atoms with Crippen molar-refractivity contribution in [1.29, 1.82) is 0 Å². The van der Waals surface area contributed by atoms with E-state index in [1.54, 1.807) is 0 Å². The molecule has 0 heterocycles. The first kappa shape index (κ1) is 14.3. The van der Waals surface area contributed by atoms with Gasteiger partial charge >= 0.3 is 0 Å². The normalized spacial score (nSPS) is 32.3. The number of aliphatic hydroxyl groups is 1. The van der Waals surface area contributed by atoms with Crippen LogP contribution in [0.3, 0.4) is 0 Å². The molecule has 0 aromatic carbocycles. The molecule has 18 heavy (non-hydrogen) atoms. The van der Waals surface area contributed by atoms with E-state index in [0.29, 0.717) is 19.3 Å². The van der Waals surface area contributed by atoms with E-state index < -0.39 is 0 Å². The molecule has 0 amide bonds. The molecule has 106 valence electrons. The highest BCUT2D eigenvalue weighted by Gasteiger charge is 2.42. The van der Waals surface area contributed by atoms with Gasteiger partial charge in [-0.25, -0.2) is 0 Å². The van der Waals surface area contributed by atoms with Crippen molar-refractivity contribution in [2.75, 3.05) is 19.8 Å². The van der Waals surface area contributed by atoms with Crippen LogP contribution in [-0.4, -0.2) is 48.7 Å². The molecule has 2 saturated carbocycles. The van der Waals surface area contributed by atoms with Crippen LogP contribution in [0.1, 0.15) is 46.0 Å². The summed E-state index contributed by atoms with van der Waals surface area (Å²) in [6.45, 7) is 5.62.